The van der Waals surface area contributed by atoms with E-state index >= 15 is 0 Å². The first kappa shape index (κ1) is 14.9. The Kier molecular flexibility index (Phi) is 4.04. The first-order valence-electron chi connectivity index (χ1n) is 7.57. The Bertz CT molecular complexity index is 796. The predicted octanol–water partition coefficient (Wildman–Crippen LogP) is 4.19. The Hall–Kier alpha value is -2.06. The van der Waals surface area contributed by atoms with Gasteiger partial charge in [0.2, 0.25) is 0 Å². The van der Waals surface area contributed by atoms with E-state index in [2.05, 4.69) is 78.7 Å². The maximum Gasteiger partial charge on any atom is 0.0392 e. The molecule has 1 aliphatic rings. The van der Waals surface area contributed by atoms with Crippen molar-refractivity contribution >= 4 is 19.2 Å². The minimum Gasteiger partial charge on any atom is -0.295 e. The minimum absolute atomic E-state index is 0. The molecule has 0 spiro atoms. The van der Waals surface area contributed by atoms with Crippen molar-refractivity contribution in [1.29, 1.82) is 0 Å². The van der Waals surface area contributed by atoms with Crippen molar-refractivity contribution in [3.05, 3.63) is 83.4 Å². The van der Waals surface area contributed by atoms with Crippen LogP contribution in [0.1, 0.15) is 22.7 Å². The third-order valence-corrected chi connectivity index (χ3v) is 4.61. The number of rotatable bonds is 2. The molecule has 0 aromatic heterocycles. The standard InChI is InChI=1S/C20H19N.B/c1-21-14-18-8-4-5-9-19(18)20(21)13-15-10-11-16-6-2-3-7-17(16)12-15;/h2-12,20H,13-14H2,1H3;/t20-;/m0./s1. The summed E-state index contributed by atoms with van der Waals surface area (Å²) in [5.74, 6) is 0. The second-order valence-electron chi connectivity index (χ2n) is 6.02. The fraction of sp³-hybridized carbons (Fsp3) is 0.200. The number of benzene rings is 3. The zero-order chi connectivity index (χ0) is 14.2. The third-order valence-electron chi connectivity index (χ3n) is 4.61. The molecular weight excluding hydrogens is 265 g/mol. The lowest BCUT2D eigenvalue weighted by molar-refractivity contribution is 0.267. The average molecular weight is 284 g/mol. The topological polar surface area (TPSA) is 3.24 Å². The first-order chi connectivity index (χ1) is 10.3. The van der Waals surface area contributed by atoms with Crippen molar-refractivity contribution in [2.45, 2.75) is 19.0 Å². The lowest BCUT2D eigenvalue weighted by Crippen LogP contribution is -2.18. The van der Waals surface area contributed by atoms with Crippen molar-refractivity contribution < 1.29 is 0 Å². The van der Waals surface area contributed by atoms with E-state index in [1.807, 2.05) is 0 Å². The van der Waals surface area contributed by atoms with E-state index in [1.54, 1.807) is 0 Å². The summed E-state index contributed by atoms with van der Waals surface area (Å²) in [6.45, 7) is 1.06. The van der Waals surface area contributed by atoms with Gasteiger partial charge in [0.1, 0.15) is 0 Å². The maximum absolute atomic E-state index is 2.46. The van der Waals surface area contributed by atoms with E-state index in [-0.39, 0.29) is 8.41 Å². The number of hydrogen-bond acceptors (Lipinski definition) is 1. The van der Waals surface area contributed by atoms with Crippen LogP contribution in [0.2, 0.25) is 0 Å². The van der Waals surface area contributed by atoms with Gasteiger partial charge in [0, 0.05) is 21.0 Å². The van der Waals surface area contributed by atoms with Gasteiger partial charge >= 0.3 is 0 Å². The van der Waals surface area contributed by atoms with Gasteiger partial charge in [-0.2, -0.15) is 0 Å². The SMILES string of the molecule is CN1Cc2ccccc2[C@@H]1Cc1ccc2ccccc2c1.[B]. The van der Waals surface area contributed by atoms with Crippen molar-refractivity contribution in [2.24, 2.45) is 0 Å². The fourth-order valence-corrected chi connectivity index (χ4v) is 3.47. The molecule has 3 aromatic carbocycles. The summed E-state index contributed by atoms with van der Waals surface area (Å²) >= 11 is 0. The molecule has 1 heterocycles. The van der Waals surface area contributed by atoms with Gasteiger partial charge in [-0.15, -0.1) is 0 Å². The van der Waals surface area contributed by atoms with Crippen LogP contribution in [0.15, 0.2) is 66.7 Å². The summed E-state index contributed by atoms with van der Waals surface area (Å²) in [6, 6.07) is 24.8. The molecule has 3 aromatic rings. The lowest BCUT2D eigenvalue weighted by atomic mass is 9.97. The molecule has 0 saturated carbocycles. The maximum atomic E-state index is 2.46. The van der Waals surface area contributed by atoms with Gasteiger partial charge in [0.15, 0.2) is 0 Å². The van der Waals surface area contributed by atoms with Gasteiger partial charge < -0.3 is 0 Å². The summed E-state index contributed by atoms with van der Waals surface area (Å²) in [5.41, 5.74) is 4.39. The number of likely N-dealkylation sites (N-methyl/N-ethyl adjacent to an activating group) is 1. The minimum atomic E-state index is 0. The van der Waals surface area contributed by atoms with Gasteiger partial charge in [0.25, 0.3) is 0 Å². The molecule has 0 amide bonds. The highest BCUT2D eigenvalue weighted by Crippen LogP contribution is 2.34. The highest BCUT2D eigenvalue weighted by molar-refractivity contribution is 5.83. The Morgan fingerprint density at radius 3 is 2.50 bits per heavy atom. The van der Waals surface area contributed by atoms with Crippen LogP contribution >= 0.6 is 0 Å². The molecule has 3 radical (unpaired) electrons. The number of fused-ring (bicyclic) bond motifs is 2. The average Bonchev–Trinajstić information content (AvgIpc) is 2.83. The van der Waals surface area contributed by atoms with Crippen LogP contribution in [-0.4, -0.2) is 20.4 Å². The molecule has 0 fully saturated rings. The second-order valence-corrected chi connectivity index (χ2v) is 6.02. The molecular formula is C20H19BN. The van der Waals surface area contributed by atoms with Gasteiger partial charge in [-0.1, -0.05) is 66.7 Å². The smallest absolute Gasteiger partial charge is 0.0392 e. The molecule has 0 bridgehead atoms. The van der Waals surface area contributed by atoms with Crippen LogP contribution in [0.3, 0.4) is 0 Å². The molecule has 0 saturated heterocycles. The van der Waals surface area contributed by atoms with Gasteiger partial charge in [0.05, 0.1) is 0 Å². The third kappa shape index (κ3) is 2.55. The summed E-state index contributed by atoms with van der Waals surface area (Å²) < 4.78 is 0. The van der Waals surface area contributed by atoms with E-state index in [9.17, 15) is 0 Å². The quantitative estimate of drug-likeness (QED) is 0.638. The highest BCUT2D eigenvalue weighted by atomic mass is 15.1. The van der Waals surface area contributed by atoms with E-state index < -0.39 is 0 Å². The highest BCUT2D eigenvalue weighted by Gasteiger charge is 2.26. The van der Waals surface area contributed by atoms with Gasteiger partial charge in [-0.3, -0.25) is 4.90 Å². The Labute approximate surface area is 134 Å². The molecule has 4 rings (SSSR count). The summed E-state index contributed by atoms with van der Waals surface area (Å²) in [6.07, 6.45) is 1.08. The number of nitrogens with zero attached hydrogens (tertiary/aromatic N) is 1. The molecule has 0 N–H and O–H groups in total. The summed E-state index contributed by atoms with van der Waals surface area (Å²) in [7, 11) is 2.23. The van der Waals surface area contributed by atoms with E-state index in [1.165, 1.54) is 27.5 Å². The second kappa shape index (κ2) is 5.98. The molecule has 0 unspecified atom stereocenters. The first-order valence-corrected chi connectivity index (χ1v) is 7.57. The fourth-order valence-electron chi connectivity index (χ4n) is 3.47. The molecule has 22 heavy (non-hydrogen) atoms. The van der Waals surface area contributed by atoms with Crippen LogP contribution in [0.4, 0.5) is 0 Å². The van der Waals surface area contributed by atoms with Crippen molar-refractivity contribution in [2.75, 3.05) is 7.05 Å². The zero-order valence-corrected chi connectivity index (χ0v) is 12.9. The number of hydrogen-bond donors (Lipinski definition) is 0. The van der Waals surface area contributed by atoms with Crippen LogP contribution < -0.4 is 0 Å². The monoisotopic (exact) mass is 284 g/mol. The van der Waals surface area contributed by atoms with Crippen LogP contribution in [0.5, 0.6) is 0 Å². The largest absolute Gasteiger partial charge is 0.295 e. The van der Waals surface area contributed by atoms with Gasteiger partial charge in [-0.05, 0) is 40.9 Å². The Morgan fingerprint density at radius 2 is 1.64 bits per heavy atom. The molecule has 1 nitrogen and oxygen atoms in total. The van der Waals surface area contributed by atoms with Gasteiger partial charge in [-0.25, -0.2) is 0 Å². The lowest BCUT2D eigenvalue weighted by Gasteiger charge is -2.20. The van der Waals surface area contributed by atoms with Crippen LogP contribution in [0, 0.1) is 0 Å². The van der Waals surface area contributed by atoms with Crippen molar-refractivity contribution in [1.82, 2.24) is 4.90 Å². The van der Waals surface area contributed by atoms with E-state index in [4.69, 9.17) is 0 Å². The molecule has 2 heteroatoms. The zero-order valence-electron chi connectivity index (χ0n) is 12.9. The molecule has 1 atom stereocenters. The van der Waals surface area contributed by atoms with Crippen molar-refractivity contribution in [3.63, 3.8) is 0 Å². The molecule has 0 aliphatic carbocycles. The Balaban J connectivity index is 0.00000144. The molecule has 1 aliphatic heterocycles. The van der Waals surface area contributed by atoms with Crippen molar-refractivity contribution in [3.8, 4) is 0 Å². The normalized spacial score (nSPS) is 17.2. The van der Waals surface area contributed by atoms with Crippen LogP contribution in [0.25, 0.3) is 10.8 Å². The van der Waals surface area contributed by atoms with E-state index in [0.29, 0.717) is 6.04 Å². The van der Waals surface area contributed by atoms with Crippen LogP contribution in [-0.2, 0) is 13.0 Å². The predicted molar refractivity (Wildman–Crippen MR) is 94.1 cm³/mol. The Morgan fingerprint density at radius 1 is 0.909 bits per heavy atom. The molecule has 107 valence electrons. The summed E-state index contributed by atoms with van der Waals surface area (Å²) in [4.78, 5) is 2.46. The van der Waals surface area contributed by atoms with E-state index in [0.717, 1.165) is 13.0 Å². The summed E-state index contributed by atoms with van der Waals surface area (Å²) in [5, 5.41) is 2.66.